The van der Waals surface area contributed by atoms with E-state index in [0.717, 1.165) is 34.2 Å². The first-order valence-electron chi connectivity index (χ1n) is 20.1. The SMILES string of the molecule is c1ccc(N2c3ccccc3B3c4cc5ccc6c(c5cc4Oc4cccc2c43)B2c3ccccc3N(c3ccccc3)c3cccc(c32)N6c2ccccc2)cc1. The molecule has 4 aliphatic heterocycles. The van der Waals surface area contributed by atoms with E-state index in [1.165, 1.54) is 72.0 Å². The normalized spacial score (nSPS) is 13.8. The molecule has 0 amide bonds. The van der Waals surface area contributed by atoms with Gasteiger partial charge in [0, 0.05) is 51.2 Å². The summed E-state index contributed by atoms with van der Waals surface area (Å²) >= 11 is 0. The van der Waals surface area contributed by atoms with Crippen molar-refractivity contribution in [1.82, 2.24) is 0 Å². The topological polar surface area (TPSA) is 19.0 Å². The Morgan fingerprint density at radius 1 is 0.310 bits per heavy atom. The Morgan fingerprint density at radius 2 is 0.776 bits per heavy atom. The van der Waals surface area contributed by atoms with Crippen LogP contribution in [-0.4, -0.2) is 13.4 Å². The maximum absolute atomic E-state index is 7.11. The minimum absolute atomic E-state index is 0.00334. The molecule has 0 aliphatic carbocycles. The predicted octanol–water partition coefficient (Wildman–Crippen LogP) is 9.33. The highest BCUT2D eigenvalue weighted by atomic mass is 16.5. The van der Waals surface area contributed by atoms with Crippen LogP contribution in [0.2, 0.25) is 0 Å². The van der Waals surface area contributed by atoms with Gasteiger partial charge >= 0.3 is 0 Å². The lowest BCUT2D eigenvalue weighted by molar-refractivity contribution is 0.488. The molecule has 0 N–H and O–H groups in total. The van der Waals surface area contributed by atoms with E-state index in [0.29, 0.717) is 0 Å². The maximum atomic E-state index is 7.11. The minimum atomic E-state index is -0.00334. The summed E-state index contributed by atoms with van der Waals surface area (Å²) in [4.78, 5) is 7.31. The summed E-state index contributed by atoms with van der Waals surface area (Å²) in [6, 6.07) is 73.0. The molecule has 0 unspecified atom stereocenters. The number of ether oxygens (including phenoxy) is 1. The second kappa shape index (κ2) is 12.0. The molecular weight excluding hydrogens is 704 g/mol. The van der Waals surface area contributed by atoms with Crippen LogP contribution in [0.15, 0.2) is 200 Å². The second-order valence-corrected chi connectivity index (χ2v) is 15.6. The average molecular weight is 737 g/mol. The van der Waals surface area contributed by atoms with Crippen LogP contribution in [0, 0.1) is 0 Å². The number of nitrogens with zero attached hydrogens (tertiary/aromatic N) is 3. The van der Waals surface area contributed by atoms with E-state index < -0.39 is 0 Å². The van der Waals surface area contributed by atoms with E-state index >= 15 is 0 Å². The lowest BCUT2D eigenvalue weighted by atomic mass is 9.32. The molecule has 0 aromatic heterocycles. The Hall–Kier alpha value is -7.43. The molecule has 268 valence electrons. The van der Waals surface area contributed by atoms with Crippen LogP contribution in [0.25, 0.3) is 10.8 Å². The second-order valence-electron chi connectivity index (χ2n) is 15.6. The van der Waals surface area contributed by atoms with Gasteiger partial charge in [-0.05, 0) is 128 Å². The molecule has 13 rings (SSSR count). The first-order chi connectivity index (χ1) is 28.8. The van der Waals surface area contributed by atoms with E-state index in [2.05, 4.69) is 215 Å². The van der Waals surface area contributed by atoms with Crippen molar-refractivity contribution in [3.05, 3.63) is 200 Å². The maximum Gasteiger partial charge on any atom is 0.256 e. The van der Waals surface area contributed by atoms with Crippen molar-refractivity contribution in [2.24, 2.45) is 0 Å². The van der Waals surface area contributed by atoms with Gasteiger partial charge in [-0.15, -0.1) is 0 Å². The van der Waals surface area contributed by atoms with E-state index in [4.69, 9.17) is 4.74 Å². The van der Waals surface area contributed by atoms with Crippen LogP contribution in [-0.2, 0) is 0 Å². The van der Waals surface area contributed by atoms with Gasteiger partial charge in [0.25, 0.3) is 13.4 Å². The zero-order valence-corrected chi connectivity index (χ0v) is 31.5. The van der Waals surface area contributed by atoms with E-state index in [1.807, 2.05) is 0 Å². The minimum Gasteiger partial charge on any atom is -0.458 e. The van der Waals surface area contributed by atoms with Crippen LogP contribution >= 0.6 is 0 Å². The van der Waals surface area contributed by atoms with Crippen LogP contribution in [0.5, 0.6) is 11.5 Å². The van der Waals surface area contributed by atoms with Crippen molar-refractivity contribution in [1.29, 1.82) is 0 Å². The van der Waals surface area contributed by atoms with Gasteiger partial charge in [-0.1, -0.05) is 115 Å². The van der Waals surface area contributed by atoms with Crippen molar-refractivity contribution < 1.29 is 4.74 Å². The Kier molecular flexibility index (Phi) is 6.59. The number of hydrogen-bond donors (Lipinski definition) is 0. The molecule has 4 aliphatic rings. The van der Waals surface area contributed by atoms with Crippen LogP contribution < -0.4 is 52.2 Å². The van der Waals surface area contributed by atoms with Gasteiger partial charge in [0.2, 0.25) is 0 Å². The molecule has 4 heterocycles. The summed E-state index contributed by atoms with van der Waals surface area (Å²) < 4.78 is 7.11. The van der Waals surface area contributed by atoms with Gasteiger partial charge in [0.1, 0.15) is 11.5 Å². The lowest BCUT2D eigenvalue weighted by Gasteiger charge is -2.44. The summed E-state index contributed by atoms with van der Waals surface area (Å²) in [7, 11) is 0. The standard InChI is InChI=1S/C52H33B2N3O/c1-4-16-35(17-5-1)55-43-25-13-11-23-40(43)54-50-38-33-49-41(32-34(38)30-31-47(50)57(37-20-8-3-9-21-37)45-27-14-26-44(55)51(45)54)53-39-22-10-12-24-42(39)56(36-18-6-2-7-19-36)46-28-15-29-48(58-49)52(46)53/h1-33H. The third kappa shape index (κ3) is 4.32. The third-order valence-corrected chi connectivity index (χ3v) is 12.7. The fourth-order valence-corrected chi connectivity index (χ4v) is 10.4. The number of hydrogen-bond acceptors (Lipinski definition) is 4. The molecule has 0 saturated heterocycles. The summed E-state index contributed by atoms with van der Waals surface area (Å²) in [6.45, 7) is 0.0194. The Labute approximate surface area is 338 Å². The first-order valence-corrected chi connectivity index (χ1v) is 20.1. The molecule has 4 nitrogen and oxygen atoms in total. The first kappa shape index (κ1) is 31.7. The zero-order valence-electron chi connectivity index (χ0n) is 31.5. The monoisotopic (exact) mass is 737 g/mol. The number of fused-ring (bicyclic) bond motifs is 10. The lowest BCUT2D eigenvalue weighted by Crippen LogP contribution is -2.61. The van der Waals surface area contributed by atoms with Crippen molar-refractivity contribution in [2.45, 2.75) is 0 Å². The molecule has 9 aromatic carbocycles. The van der Waals surface area contributed by atoms with Crippen LogP contribution in [0.3, 0.4) is 0 Å². The fraction of sp³-hybridized carbons (Fsp3) is 0. The molecule has 0 bridgehead atoms. The highest BCUT2D eigenvalue weighted by molar-refractivity contribution is 7.02. The fourth-order valence-electron chi connectivity index (χ4n) is 10.4. The van der Waals surface area contributed by atoms with Gasteiger partial charge in [-0.25, -0.2) is 0 Å². The molecule has 0 radical (unpaired) electrons. The van der Waals surface area contributed by atoms with Crippen molar-refractivity contribution in [2.75, 3.05) is 14.7 Å². The number of anilines is 9. The van der Waals surface area contributed by atoms with Gasteiger partial charge in [0.15, 0.2) is 0 Å². The quantitative estimate of drug-likeness (QED) is 0.168. The highest BCUT2D eigenvalue weighted by Crippen LogP contribution is 2.46. The van der Waals surface area contributed by atoms with Gasteiger partial charge < -0.3 is 19.4 Å². The summed E-state index contributed by atoms with van der Waals surface area (Å²) in [6.07, 6.45) is 0. The molecule has 0 saturated carbocycles. The predicted molar refractivity (Wildman–Crippen MR) is 244 cm³/mol. The number of rotatable bonds is 3. The third-order valence-electron chi connectivity index (χ3n) is 12.7. The van der Waals surface area contributed by atoms with Crippen molar-refractivity contribution in [3.63, 3.8) is 0 Å². The van der Waals surface area contributed by atoms with Gasteiger partial charge in [-0.3, -0.25) is 0 Å². The van der Waals surface area contributed by atoms with E-state index in [9.17, 15) is 0 Å². The van der Waals surface area contributed by atoms with E-state index in [1.54, 1.807) is 0 Å². The van der Waals surface area contributed by atoms with Crippen LogP contribution in [0.4, 0.5) is 51.2 Å². The highest BCUT2D eigenvalue weighted by Gasteiger charge is 2.45. The van der Waals surface area contributed by atoms with E-state index in [-0.39, 0.29) is 13.4 Å². The zero-order chi connectivity index (χ0) is 37.9. The molecule has 0 atom stereocenters. The summed E-state index contributed by atoms with van der Waals surface area (Å²) in [5.74, 6) is 1.83. The van der Waals surface area contributed by atoms with Crippen molar-refractivity contribution in [3.8, 4) is 11.5 Å². The Morgan fingerprint density at radius 3 is 1.38 bits per heavy atom. The molecule has 6 heteroatoms. The Balaban J connectivity index is 1.08. The average Bonchev–Trinajstić information content (AvgIpc) is 3.29. The molecular formula is C52H33B2N3O. The smallest absolute Gasteiger partial charge is 0.256 e. The largest absolute Gasteiger partial charge is 0.458 e. The number of para-hydroxylation sites is 5. The van der Waals surface area contributed by atoms with Gasteiger partial charge in [0.05, 0.1) is 0 Å². The van der Waals surface area contributed by atoms with Crippen molar-refractivity contribution >= 4 is 108 Å². The Bertz CT molecular complexity index is 3120. The molecule has 58 heavy (non-hydrogen) atoms. The molecule has 0 fully saturated rings. The molecule has 9 aromatic rings. The molecule has 0 spiro atoms. The van der Waals surface area contributed by atoms with Gasteiger partial charge in [-0.2, -0.15) is 0 Å². The summed E-state index contributed by atoms with van der Waals surface area (Å²) in [5, 5.41) is 2.42. The number of benzene rings is 9. The van der Waals surface area contributed by atoms with Crippen LogP contribution in [0.1, 0.15) is 0 Å². The summed E-state index contributed by atoms with van der Waals surface area (Å²) in [5.41, 5.74) is 18.2.